The Labute approximate surface area is 145 Å². The number of H-pyrrole nitrogens is 1. The molecule has 0 aliphatic carbocycles. The number of aromatic nitrogens is 5. The standard InChI is InChI=1S/C18H20N6O/c1-13-10-20-17(22-13)15-4-2-8-23(12-15)18(25)14-5-6-16(19-11-14)24-9-3-7-21-24/h3,5-7,9-11,15H,2,4,8,12H2,1H3,(H,20,22). The average Bonchev–Trinajstić information content (AvgIpc) is 3.33. The maximum Gasteiger partial charge on any atom is 0.255 e. The van der Waals surface area contributed by atoms with E-state index in [-0.39, 0.29) is 11.8 Å². The number of amides is 1. The predicted octanol–water partition coefficient (Wildman–Crippen LogP) is 2.32. The number of rotatable bonds is 3. The third kappa shape index (κ3) is 3.17. The van der Waals surface area contributed by atoms with Crippen molar-refractivity contribution in [2.45, 2.75) is 25.7 Å². The Bertz CT molecular complexity index is 852. The number of aryl methyl sites for hydroxylation is 1. The van der Waals surface area contributed by atoms with Crippen LogP contribution in [0.4, 0.5) is 0 Å². The first-order chi connectivity index (χ1) is 12.2. The summed E-state index contributed by atoms with van der Waals surface area (Å²) < 4.78 is 1.67. The summed E-state index contributed by atoms with van der Waals surface area (Å²) in [5.41, 5.74) is 1.66. The van der Waals surface area contributed by atoms with Crippen molar-refractivity contribution in [1.82, 2.24) is 29.6 Å². The van der Waals surface area contributed by atoms with Gasteiger partial charge in [-0.05, 0) is 38.0 Å². The van der Waals surface area contributed by atoms with Crippen molar-refractivity contribution in [2.24, 2.45) is 0 Å². The molecule has 7 nitrogen and oxygen atoms in total. The zero-order valence-corrected chi connectivity index (χ0v) is 14.1. The van der Waals surface area contributed by atoms with Gasteiger partial charge in [-0.15, -0.1) is 0 Å². The van der Waals surface area contributed by atoms with Crippen LogP contribution in [0.5, 0.6) is 0 Å². The predicted molar refractivity (Wildman–Crippen MR) is 92.6 cm³/mol. The van der Waals surface area contributed by atoms with Crippen molar-refractivity contribution in [3.63, 3.8) is 0 Å². The first-order valence-corrected chi connectivity index (χ1v) is 8.47. The Balaban J connectivity index is 1.48. The van der Waals surface area contributed by atoms with E-state index < -0.39 is 0 Å². The number of imidazole rings is 1. The van der Waals surface area contributed by atoms with E-state index in [1.54, 1.807) is 17.1 Å². The molecule has 1 saturated heterocycles. The van der Waals surface area contributed by atoms with Gasteiger partial charge in [-0.3, -0.25) is 4.79 Å². The van der Waals surface area contributed by atoms with Crippen molar-refractivity contribution in [3.05, 3.63) is 60.1 Å². The van der Waals surface area contributed by atoms with Crippen molar-refractivity contribution < 1.29 is 4.79 Å². The molecule has 1 amide bonds. The molecule has 1 aliphatic rings. The third-order valence-electron chi connectivity index (χ3n) is 4.55. The zero-order valence-electron chi connectivity index (χ0n) is 14.1. The Kier molecular flexibility index (Phi) is 4.05. The van der Waals surface area contributed by atoms with Gasteiger partial charge in [-0.2, -0.15) is 5.10 Å². The van der Waals surface area contributed by atoms with Crippen LogP contribution in [0.1, 0.15) is 40.6 Å². The number of aromatic amines is 1. The Morgan fingerprint density at radius 2 is 2.20 bits per heavy atom. The second-order valence-electron chi connectivity index (χ2n) is 6.40. The molecule has 3 aromatic rings. The minimum absolute atomic E-state index is 0.0208. The molecule has 1 atom stereocenters. The van der Waals surface area contributed by atoms with Gasteiger partial charge in [-0.1, -0.05) is 0 Å². The Hall–Kier alpha value is -2.96. The van der Waals surface area contributed by atoms with Gasteiger partial charge in [0.15, 0.2) is 5.82 Å². The summed E-state index contributed by atoms with van der Waals surface area (Å²) in [6, 6.07) is 5.47. The highest BCUT2D eigenvalue weighted by molar-refractivity contribution is 5.94. The first kappa shape index (κ1) is 15.6. The zero-order chi connectivity index (χ0) is 17.2. The summed E-state index contributed by atoms with van der Waals surface area (Å²) in [4.78, 5) is 26.8. The van der Waals surface area contributed by atoms with Gasteiger partial charge in [0.25, 0.3) is 5.91 Å². The summed E-state index contributed by atoms with van der Waals surface area (Å²) in [5, 5.41) is 4.14. The lowest BCUT2D eigenvalue weighted by atomic mass is 9.97. The maximum absolute atomic E-state index is 12.8. The summed E-state index contributed by atoms with van der Waals surface area (Å²) in [7, 11) is 0. The normalized spacial score (nSPS) is 17.6. The molecule has 7 heteroatoms. The highest BCUT2D eigenvalue weighted by Gasteiger charge is 2.27. The van der Waals surface area contributed by atoms with Crippen LogP contribution in [0.2, 0.25) is 0 Å². The molecule has 0 radical (unpaired) electrons. The lowest BCUT2D eigenvalue weighted by Gasteiger charge is -2.31. The number of piperidine rings is 1. The van der Waals surface area contributed by atoms with E-state index in [1.165, 1.54) is 0 Å². The van der Waals surface area contributed by atoms with E-state index in [0.717, 1.165) is 30.9 Å². The molecule has 3 aromatic heterocycles. The number of hydrogen-bond acceptors (Lipinski definition) is 4. The molecule has 0 saturated carbocycles. The lowest BCUT2D eigenvalue weighted by Crippen LogP contribution is -2.39. The number of carbonyl (C=O) groups is 1. The average molecular weight is 336 g/mol. The first-order valence-electron chi connectivity index (χ1n) is 8.47. The molecule has 4 heterocycles. The summed E-state index contributed by atoms with van der Waals surface area (Å²) in [6.45, 7) is 3.46. The van der Waals surface area contributed by atoms with Gasteiger partial charge in [0.2, 0.25) is 0 Å². The van der Waals surface area contributed by atoms with Crippen LogP contribution in [0.15, 0.2) is 43.0 Å². The van der Waals surface area contributed by atoms with Gasteiger partial charge < -0.3 is 9.88 Å². The molecule has 0 bridgehead atoms. The molecule has 1 unspecified atom stereocenters. The highest BCUT2D eigenvalue weighted by atomic mass is 16.2. The van der Waals surface area contributed by atoms with Crippen LogP contribution in [-0.4, -0.2) is 48.6 Å². The van der Waals surface area contributed by atoms with Crippen LogP contribution >= 0.6 is 0 Å². The molecular weight excluding hydrogens is 316 g/mol. The maximum atomic E-state index is 12.8. The SMILES string of the molecule is Cc1cnc(C2CCCN(C(=O)c3ccc(-n4cccn4)nc3)C2)[nH]1. The van der Waals surface area contributed by atoms with E-state index in [0.29, 0.717) is 17.9 Å². The van der Waals surface area contributed by atoms with E-state index in [4.69, 9.17) is 0 Å². The molecule has 25 heavy (non-hydrogen) atoms. The van der Waals surface area contributed by atoms with Crippen LogP contribution in [0, 0.1) is 6.92 Å². The second-order valence-corrected chi connectivity index (χ2v) is 6.40. The van der Waals surface area contributed by atoms with Crippen molar-refractivity contribution in [3.8, 4) is 5.82 Å². The molecular formula is C18H20N6O. The fourth-order valence-corrected chi connectivity index (χ4v) is 3.26. The Morgan fingerprint density at radius 1 is 1.28 bits per heavy atom. The molecule has 0 spiro atoms. The van der Waals surface area contributed by atoms with Crippen LogP contribution in [-0.2, 0) is 0 Å². The van der Waals surface area contributed by atoms with Crippen molar-refractivity contribution in [2.75, 3.05) is 13.1 Å². The highest BCUT2D eigenvalue weighted by Crippen LogP contribution is 2.25. The van der Waals surface area contributed by atoms with Crippen LogP contribution < -0.4 is 0 Å². The molecule has 4 rings (SSSR count). The number of hydrogen-bond donors (Lipinski definition) is 1. The quantitative estimate of drug-likeness (QED) is 0.796. The minimum Gasteiger partial charge on any atom is -0.346 e. The van der Waals surface area contributed by atoms with Crippen LogP contribution in [0.3, 0.4) is 0 Å². The molecule has 128 valence electrons. The van der Waals surface area contributed by atoms with E-state index >= 15 is 0 Å². The van der Waals surface area contributed by atoms with Gasteiger partial charge in [0, 0.05) is 49.5 Å². The topological polar surface area (TPSA) is 79.7 Å². The van der Waals surface area contributed by atoms with Gasteiger partial charge >= 0.3 is 0 Å². The summed E-state index contributed by atoms with van der Waals surface area (Å²) in [6.07, 6.45) is 9.02. The number of likely N-dealkylation sites (tertiary alicyclic amines) is 1. The van der Waals surface area contributed by atoms with Crippen molar-refractivity contribution >= 4 is 5.91 Å². The smallest absolute Gasteiger partial charge is 0.255 e. The molecule has 1 fully saturated rings. The minimum atomic E-state index is 0.0208. The van der Waals surface area contributed by atoms with Gasteiger partial charge in [-0.25, -0.2) is 14.6 Å². The number of nitrogens with one attached hydrogen (secondary N) is 1. The molecule has 1 aliphatic heterocycles. The third-order valence-corrected chi connectivity index (χ3v) is 4.55. The van der Waals surface area contributed by atoms with Gasteiger partial charge in [0.1, 0.15) is 5.82 Å². The number of pyridine rings is 1. The fraction of sp³-hybridized carbons (Fsp3) is 0.333. The second kappa shape index (κ2) is 6.51. The summed E-state index contributed by atoms with van der Waals surface area (Å²) in [5.74, 6) is 1.96. The van der Waals surface area contributed by atoms with E-state index in [9.17, 15) is 4.79 Å². The lowest BCUT2D eigenvalue weighted by molar-refractivity contribution is 0.0704. The largest absolute Gasteiger partial charge is 0.346 e. The summed E-state index contributed by atoms with van der Waals surface area (Å²) >= 11 is 0. The molecule has 0 aromatic carbocycles. The van der Waals surface area contributed by atoms with Gasteiger partial charge in [0.05, 0.1) is 5.56 Å². The van der Waals surface area contributed by atoms with E-state index in [1.807, 2.05) is 42.4 Å². The molecule has 1 N–H and O–H groups in total. The fourth-order valence-electron chi connectivity index (χ4n) is 3.26. The van der Waals surface area contributed by atoms with Crippen molar-refractivity contribution in [1.29, 1.82) is 0 Å². The van der Waals surface area contributed by atoms with E-state index in [2.05, 4.69) is 20.1 Å². The number of nitrogens with zero attached hydrogens (tertiary/aromatic N) is 5. The number of carbonyl (C=O) groups excluding carboxylic acids is 1. The Morgan fingerprint density at radius 3 is 2.88 bits per heavy atom. The monoisotopic (exact) mass is 336 g/mol. The van der Waals surface area contributed by atoms with Crippen LogP contribution in [0.25, 0.3) is 5.82 Å².